The third-order valence-corrected chi connectivity index (χ3v) is 3.69. The average Bonchev–Trinajstić information content (AvgIpc) is 2.64. The Morgan fingerprint density at radius 1 is 1.16 bits per heavy atom. The second kappa shape index (κ2) is 6.60. The van der Waals surface area contributed by atoms with Crippen molar-refractivity contribution in [2.45, 2.75) is 0 Å². The van der Waals surface area contributed by atoms with Gasteiger partial charge in [-0.05, 0) is 18.2 Å². The number of benzene rings is 1. The first kappa shape index (κ1) is 16.4. The number of carbonyl (C=O) groups is 1. The van der Waals surface area contributed by atoms with Crippen LogP contribution in [-0.4, -0.2) is 26.6 Å². The number of nitrogens with one attached hydrogen (secondary N) is 1. The van der Waals surface area contributed by atoms with Gasteiger partial charge in [0.1, 0.15) is 11.4 Å². The van der Waals surface area contributed by atoms with E-state index in [9.17, 15) is 14.4 Å². The first-order valence-corrected chi connectivity index (χ1v) is 7.51. The van der Waals surface area contributed by atoms with E-state index in [0.29, 0.717) is 11.4 Å². The first-order chi connectivity index (χ1) is 12.0. The zero-order valence-electron chi connectivity index (χ0n) is 13.7. The Morgan fingerprint density at radius 3 is 2.60 bits per heavy atom. The van der Waals surface area contributed by atoms with Gasteiger partial charge in [-0.25, -0.2) is 9.78 Å². The van der Waals surface area contributed by atoms with Gasteiger partial charge in [0.2, 0.25) is 0 Å². The molecule has 1 amide bonds. The lowest BCUT2D eigenvalue weighted by atomic mass is 10.3. The van der Waals surface area contributed by atoms with Crippen molar-refractivity contribution in [1.29, 1.82) is 0 Å². The molecule has 0 radical (unpaired) electrons. The van der Waals surface area contributed by atoms with Gasteiger partial charge in [0.15, 0.2) is 6.61 Å². The Morgan fingerprint density at radius 2 is 1.88 bits per heavy atom. The molecule has 0 unspecified atom stereocenters. The normalized spacial score (nSPS) is 10.6. The third-order valence-electron chi connectivity index (χ3n) is 3.69. The maximum atomic E-state index is 12.2. The summed E-state index contributed by atoms with van der Waals surface area (Å²) < 4.78 is 7.63. The number of para-hydroxylation sites is 1. The number of fused-ring (bicyclic) bond motifs is 1. The Hall–Kier alpha value is -3.42. The summed E-state index contributed by atoms with van der Waals surface area (Å²) in [7, 11) is 2.92. The summed E-state index contributed by atoms with van der Waals surface area (Å²) in [6, 6.07) is 10.4. The van der Waals surface area contributed by atoms with Gasteiger partial charge in [0, 0.05) is 14.1 Å². The van der Waals surface area contributed by atoms with Crippen molar-refractivity contribution < 1.29 is 9.53 Å². The van der Waals surface area contributed by atoms with Gasteiger partial charge in [0.05, 0.1) is 17.3 Å². The second-order valence-corrected chi connectivity index (χ2v) is 5.45. The molecule has 0 aliphatic heterocycles. The number of amides is 1. The van der Waals surface area contributed by atoms with Gasteiger partial charge in [-0.1, -0.05) is 18.2 Å². The number of anilines is 1. The zero-order chi connectivity index (χ0) is 18.0. The molecule has 0 atom stereocenters. The van der Waals surface area contributed by atoms with E-state index in [2.05, 4.69) is 10.3 Å². The molecule has 0 aliphatic rings. The summed E-state index contributed by atoms with van der Waals surface area (Å²) in [6.07, 6.45) is 1.39. The summed E-state index contributed by atoms with van der Waals surface area (Å²) in [6.45, 7) is -0.173. The highest BCUT2D eigenvalue weighted by Gasteiger charge is 2.11. The molecular formula is C17H16N4O4. The van der Waals surface area contributed by atoms with Crippen molar-refractivity contribution >= 4 is 22.6 Å². The molecule has 1 aromatic carbocycles. The Balaban J connectivity index is 1.81. The monoisotopic (exact) mass is 340 g/mol. The smallest absolute Gasteiger partial charge is 0.332 e. The summed E-state index contributed by atoms with van der Waals surface area (Å²) in [5.41, 5.74) is -0.322. The molecule has 2 aromatic heterocycles. The second-order valence-electron chi connectivity index (χ2n) is 5.45. The minimum absolute atomic E-state index is 0.173. The fourth-order valence-corrected chi connectivity index (χ4v) is 2.40. The van der Waals surface area contributed by atoms with Crippen molar-refractivity contribution in [3.8, 4) is 5.75 Å². The molecule has 0 spiro atoms. The molecule has 25 heavy (non-hydrogen) atoms. The van der Waals surface area contributed by atoms with Crippen molar-refractivity contribution in [2.75, 3.05) is 11.9 Å². The van der Waals surface area contributed by atoms with E-state index in [0.717, 1.165) is 4.57 Å². The van der Waals surface area contributed by atoms with Gasteiger partial charge in [-0.2, -0.15) is 0 Å². The number of carbonyl (C=O) groups excluding carboxylic acids is 1. The fourth-order valence-electron chi connectivity index (χ4n) is 2.40. The summed E-state index contributed by atoms with van der Waals surface area (Å²) in [4.78, 5) is 40.2. The molecular weight excluding hydrogens is 324 g/mol. The van der Waals surface area contributed by atoms with Crippen LogP contribution in [-0.2, 0) is 18.9 Å². The molecule has 0 aliphatic carbocycles. The minimum atomic E-state index is -0.470. The highest BCUT2D eigenvalue weighted by Crippen LogP contribution is 2.12. The molecule has 128 valence electrons. The lowest BCUT2D eigenvalue weighted by molar-refractivity contribution is -0.118. The Bertz CT molecular complexity index is 1050. The standard InChI is InChI=1S/C17H16N4O4/c1-20-15-13(16(23)21(2)17(20)24)8-11(9-18-15)19-14(22)10-25-12-6-4-3-5-7-12/h3-9H,10H2,1-2H3,(H,19,22). The number of hydrogen-bond donors (Lipinski definition) is 1. The molecule has 8 nitrogen and oxygen atoms in total. The van der Waals surface area contributed by atoms with E-state index in [-0.39, 0.29) is 23.5 Å². The fraction of sp³-hybridized carbons (Fsp3) is 0.176. The molecule has 0 fully saturated rings. The number of pyridine rings is 1. The molecule has 0 bridgehead atoms. The van der Waals surface area contributed by atoms with Crippen LogP contribution in [0.25, 0.3) is 11.0 Å². The van der Waals surface area contributed by atoms with Crippen LogP contribution in [0.15, 0.2) is 52.2 Å². The summed E-state index contributed by atoms with van der Waals surface area (Å²) >= 11 is 0. The molecule has 1 N–H and O–H groups in total. The van der Waals surface area contributed by atoms with E-state index < -0.39 is 11.2 Å². The maximum Gasteiger partial charge on any atom is 0.332 e. The zero-order valence-corrected chi connectivity index (χ0v) is 13.7. The van der Waals surface area contributed by atoms with Gasteiger partial charge in [0.25, 0.3) is 11.5 Å². The van der Waals surface area contributed by atoms with Gasteiger partial charge in [-0.3, -0.25) is 18.7 Å². The summed E-state index contributed by atoms with van der Waals surface area (Å²) in [5.74, 6) is 0.199. The van der Waals surface area contributed by atoms with E-state index in [1.165, 1.54) is 30.9 Å². The van der Waals surface area contributed by atoms with Crippen molar-refractivity contribution in [1.82, 2.24) is 14.1 Å². The average molecular weight is 340 g/mol. The van der Waals surface area contributed by atoms with Crippen molar-refractivity contribution in [3.63, 3.8) is 0 Å². The molecule has 3 aromatic rings. The largest absolute Gasteiger partial charge is 0.484 e. The third kappa shape index (κ3) is 3.27. The van der Waals surface area contributed by atoms with E-state index in [1.807, 2.05) is 6.07 Å². The number of nitrogens with zero attached hydrogens (tertiary/aromatic N) is 3. The SMILES string of the molecule is Cn1c(=O)c2cc(NC(=O)COc3ccccc3)cnc2n(C)c1=O. The van der Waals surface area contributed by atoms with Crippen molar-refractivity contribution in [3.05, 3.63) is 63.4 Å². The van der Waals surface area contributed by atoms with Crippen LogP contribution in [0.3, 0.4) is 0 Å². The predicted octanol–water partition coefficient (Wildman–Crippen LogP) is 0.650. The van der Waals surface area contributed by atoms with Crippen LogP contribution in [0.2, 0.25) is 0 Å². The molecule has 3 rings (SSSR count). The van der Waals surface area contributed by atoms with Crippen LogP contribution >= 0.6 is 0 Å². The molecule has 0 saturated heterocycles. The van der Waals surface area contributed by atoms with Crippen LogP contribution < -0.4 is 21.3 Å². The van der Waals surface area contributed by atoms with Gasteiger partial charge >= 0.3 is 5.69 Å². The molecule has 2 heterocycles. The van der Waals surface area contributed by atoms with Gasteiger partial charge < -0.3 is 10.1 Å². The van der Waals surface area contributed by atoms with E-state index in [1.54, 1.807) is 24.3 Å². The molecule has 0 saturated carbocycles. The number of aryl methyl sites for hydroxylation is 1. The highest BCUT2D eigenvalue weighted by atomic mass is 16.5. The number of ether oxygens (including phenoxy) is 1. The lowest BCUT2D eigenvalue weighted by Crippen LogP contribution is -2.37. The number of aromatic nitrogens is 3. The van der Waals surface area contributed by atoms with Crippen LogP contribution in [0.5, 0.6) is 5.75 Å². The lowest BCUT2D eigenvalue weighted by Gasteiger charge is -2.10. The van der Waals surface area contributed by atoms with Crippen molar-refractivity contribution in [2.24, 2.45) is 14.1 Å². The van der Waals surface area contributed by atoms with Gasteiger partial charge in [-0.15, -0.1) is 0 Å². The van der Waals surface area contributed by atoms with E-state index in [4.69, 9.17) is 4.74 Å². The maximum absolute atomic E-state index is 12.2. The van der Waals surface area contributed by atoms with Crippen LogP contribution in [0.4, 0.5) is 5.69 Å². The summed E-state index contributed by atoms with van der Waals surface area (Å²) in [5, 5.41) is 2.87. The Labute approximate surface area is 142 Å². The topological polar surface area (TPSA) is 95.2 Å². The van der Waals surface area contributed by atoms with Crippen LogP contribution in [0.1, 0.15) is 0 Å². The first-order valence-electron chi connectivity index (χ1n) is 7.51. The number of hydrogen-bond acceptors (Lipinski definition) is 5. The van der Waals surface area contributed by atoms with Crippen LogP contribution in [0, 0.1) is 0 Å². The molecule has 8 heteroatoms. The predicted molar refractivity (Wildman–Crippen MR) is 92.8 cm³/mol. The Kier molecular flexibility index (Phi) is 4.34. The quantitative estimate of drug-likeness (QED) is 0.752. The highest BCUT2D eigenvalue weighted by molar-refractivity contribution is 5.93. The minimum Gasteiger partial charge on any atom is -0.484 e. The van der Waals surface area contributed by atoms with E-state index >= 15 is 0 Å². The number of rotatable bonds is 4.